The van der Waals surface area contributed by atoms with Gasteiger partial charge < -0.3 is 5.32 Å². The summed E-state index contributed by atoms with van der Waals surface area (Å²) >= 11 is 0. The molecule has 3 aliphatic rings. The standard InChI is InChI=1S/C17H33N3/c1-4-14-11-18-15(13(2)3)12-20(14)17-8-10-19-9-6-5-7-16(17)19/h13-18H,4-12H2,1-3H3. The normalized spacial score (nSPS) is 40.2. The van der Waals surface area contributed by atoms with E-state index in [0.29, 0.717) is 6.04 Å². The van der Waals surface area contributed by atoms with Crippen LogP contribution in [-0.4, -0.2) is 60.1 Å². The van der Waals surface area contributed by atoms with Crippen LogP contribution >= 0.6 is 0 Å². The van der Waals surface area contributed by atoms with Crippen LogP contribution in [0, 0.1) is 5.92 Å². The van der Waals surface area contributed by atoms with Crippen molar-refractivity contribution in [2.24, 2.45) is 5.92 Å². The number of rotatable bonds is 3. The van der Waals surface area contributed by atoms with Crippen molar-refractivity contribution in [3.8, 4) is 0 Å². The Balaban J connectivity index is 1.71. The molecule has 3 aliphatic heterocycles. The molecule has 4 atom stereocenters. The zero-order valence-corrected chi connectivity index (χ0v) is 13.6. The molecule has 0 saturated carbocycles. The molecular weight excluding hydrogens is 246 g/mol. The Kier molecular flexibility index (Phi) is 4.68. The van der Waals surface area contributed by atoms with Crippen molar-refractivity contribution in [2.45, 2.75) is 77.0 Å². The minimum Gasteiger partial charge on any atom is -0.311 e. The molecule has 0 amide bonds. The van der Waals surface area contributed by atoms with Crippen molar-refractivity contribution in [1.29, 1.82) is 0 Å². The van der Waals surface area contributed by atoms with Gasteiger partial charge in [-0.2, -0.15) is 0 Å². The predicted octanol–water partition coefficient (Wildman–Crippen LogP) is 2.32. The molecule has 4 unspecified atom stereocenters. The Hall–Kier alpha value is -0.120. The van der Waals surface area contributed by atoms with Crippen molar-refractivity contribution in [3.63, 3.8) is 0 Å². The van der Waals surface area contributed by atoms with E-state index in [0.717, 1.165) is 24.0 Å². The highest BCUT2D eigenvalue weighted by Gasteiger charge is 2.42. The first-order chi connectivity index (χ1) is 9.70. The lowest BCUT2D eigenvalue weighted by molar-refractivity contribution is 0.0393. The summed E-state index contributed by atoms with van der Waals surface area (Å²) in [5.74, 6) is 0.749. The first-order valence-corrected chi connectivity index (χ1v) is 8.94. The van der Waals surface area contributed by atoms with Gasteiger partial charge in [-0.25, -0.2) is 0 Å². The van der Waals surface area contributed by atoms with E-state index in [-0.39, 0.29) is 0 Å². The first-order valence-electron chi connectivity index (χ1n) is 8.94. The lowest BCUT2D eigenvalue weighted by Crippen LogP contribution is -2.62. The Morgan fingerprint density at radius 3 is 2.70 bits per heavy atom. The minimum absolute atomic E-state index is 0.690. The summed E-state index contributed by atoms with van der Waals surface area (Å²) in [4.78, 5) is 5.68. The minimum atomic E-state index is 0.690. The van der Waals surface area contributed by atoms with Crippen LogP contribution in [0.5, 0.6) is 0 Å². The molecule has 0 bridgehead atoms. The van der Waals surface area contributed by atoms with Crippen molar-refractivity contribution in [1.82, 2.24) is 15.1 Å². The second-order valence-corrected chi connectivity index (χ2v) is 7.47. The SMILES string of the molecule is CCC1CNC(C(C)C)CN1C1CCN2CCCCC12. The maximum atomic E-state index is 3.79. The number of nitrogens with one attached hydrogen (secondary N) is 1. The monoisotopic (exact) mass is 279 g/mol. The van der Waals surface area contributed by atoms with Crippen LogP contribution in [0.2, 0.25) is 0 Å². The van der Waals surface area contributed by atoms with Crippen LogP contribution in [0.4, 0.5) is 0 Å². The topological polar surface area (TPSA) is 18.5 Å². The maximum Gasteiger partial charge on any atom is 0.0267 e. The van der Waals surface area contributed by atoms with E-state index in [1.165, 1.54) is 58.3 Å². The highest BCUT2D eigenvalue weighted by atomic mass is 15.3. The lowest BCUT2D eigenvalue weighted by atomic mass is 9.92. The molecule has 0 aromatic carbocycles. The molecule has 0 aromatic heterocycles. The van der Waals surface area contributed by atoms with Gasteiger partial charge in [-0.15, -0.1) is 0 Å². The molecule has 1 N–H and O–H groups in total. The lowest BCUT2D eigenvalue weighted by Gasteiger charge is -2.47. The second-order valence-electron chi connectivity index (χ2n) is 7.47. The second kappa shape index (κ2) is 6.33. The molecule has 116 valence electrons. The zero-order valence-electron chi connectivity index (χ0n) is 13.6. The van der Waals surface area contributed by atoms with Crippen LogP contribution in [0.25, 0.3) is 0 Å². The van der Waals surface area contributed by atoms with Gasteiger partial charge in [0.2, 0.25) is 0 Å². The number of nitrogens with zero attached hydrogens (tertiary/aromatic N) is 2. The van der Waals surface area contributed by atoms with Gasteiger partial charge in [0.25, 0.3) is 0 Å². The third kappa shape index (κ3) is 2.77. The van der Waals surface area contributed by atoms with Gasteiger partial charge in [0, 0.05) is 43.8 Å². The van der Waals surface area contributed by atoms with Crippen LogP contribution < -0.4 is 5.32 Å². The largest absolute Gasteiger partial charge is 0.311 e. The van der Waals surface area contributed by atoms with E-state index in [4.69, 9.17) is 0 Å². The summed E-state index contributed by atoms with van der Waals surface area (Å²) in [6.07, 6.45) is 7.02. The molecule has 3 nitrogen and oxygen atoms in total. The molecule has 3 saturated heterocycles. The zero-order chi connectivity index (χ0) is 14.1. The van der Waals surface area contributed by atoms with Crippen molar-refractivity contribution in [2.75, 3.05) is 26.2 Å². The van der Waals surface area contributed by atoms with E-state index >= 15 is 0 Å². The Bertz CT molecular complexity index is 317. The van der Waals surface area contributed by atoms with Gasteiger partial charge in [-0.1, -0.05) is 27.2 Å². The smallest absolute Gasteiger partial charge is 0.0267 e. The number of hydrogen-bond acceptors (Lipinski definition) is 3. The van der Waals surface area contributed by atoms with Crippen molar-refractivity contribution >= 4 is 0 Å². The van der Waals surface area contributed by atoms with E-state index in [9.17, 15) is 0 Å². The quantitative estimate of drug-likeness (QED) is 0.855. The Morgan fingerprint density at radius 1 is 1.10 bits per heavy atom. The summed E-state index contributed by atoms with van der Waals surface area (Å²) < 4.78 is 0. The summed E-state index contributed by atoms with van der Waals surface area (Å²) in [6.45, 7) is 12.3. The Morgan fingerprint density at radius 2 is 1.95 bits per heavy atom. The average molecular weight is 279 g/mol. The van der Waals surface area contributed by atoms with E-state index < -0.39 is 0 Å². The summed E-state index contributed by atoms with van der Waals surface area (Å²) in [5, 5.41) is 3.79. The summed E-state index contributed by atoms with van der Waals surface area (Å²) in [6, 6.07) is 3.15. The molecule has 0 aliphatic carbocycles. The molecule has 3 fully saturated rings. The van der Waals surface area contributed by atoms with E-state index in [1.807, 2.05) is 0 Å². The maximum absolute atomic E-state index is 3.79. The Labute approximate surface area is 125 Å². The highest BCUT2D eigenvalue weighted by molar-refractivity contribution is 5.00. The van der Waals surface area contributed by atoms with Gasteiger partial charge in [-0.05, 0) is 38.1 Å². The molecule has 0 aromatic rings. The van der Waals surface area contributed by atoms with E-state index in [2.05, 4.69) is 35.9 Å². The van der Waals surface area contributed by atoms with Crippen LogP contribution in [-0.2, 0) is 0 Å². The average Bonchev–Trinajstić information content (AvgIpc) is 2.90. The fraction of sp³-hybridized carbons (Fsp3) is 1.00. The van der Waals surface area contributed by atoms with Crippen LogP contribution in [0.1, 0.15) is 52.9 Å². The first kappa shape index (κ1) is 14.8. The molecule has 20 heavy (non-hydrogen) atoms. The summed E-state index contributed by atoms with van der Waals surface area (Å²) in [5.41, 5.74) is 0. The number of piperidine rings is 1. The van der Waals surface area contributed by atoms with Gasteiger partial charge in [-0.3, -0.25) is 9.80 Å². The van der Waals surface area contributed by atoms with Gasteiger partial charge in [0.15, 0.2) is 0 Å². The molecule has 3 heterocycles. The van der Waals surface area contributed by atoms with Crippen molar-refractivity contribution < 1.29 is 0 Å². The van der Waals surface area contributed by atoms with Crippen LogP contribution in [0.3, 0.4) is 0 Å². The van der Waals surface area contributed by atoms with Crippen molar-refractivity contribution in [3.05, 3.63) is 0 Å². The molecule has 3 heteroatoms. The van der Waals surface area contributed by atoms with Crippen LogP contribution in [0.15, 0.2) is 0 Å². The highest BCUT2D eigenvalue weighted by Crippen LogP contribution is 2.33. The molecule has 0 spiro atoms. The molecule has 3 rings (SSSR count). The predicted molar refractivity (Wildman–Crippen MR) is 85.0 cm³/mol. The fourth-order valence-electron chi connectivity index (χ4n) is 4.68. The molecule has 0 radical (unpaired) electrons. The van der Waals surface area contributed by atoms with Gasteiger partial charge in [0.1, 0.15) is 0 Å². The van der Waals surface area contributed by atoms with Gasteiger partial charge in [0.05, 0.1) is 0 Å². The number of fused-ring (bicyclic) bond motifs is 1. The third-order valence-corrected chi connectivity index (χ3v) is 6.01. The summed E-state index contributed by atoms with van der Waals surface area (Å²) in [7, 11) is 0. The fourth-order valence-corrected chi connectivity index (χ4v) is 4.68. The molecular formula is C17H33N3. The van der Waals surface area contributed by atoms with Gasteiger partial charge >= 0.3 is 0 Å². The van der Waals surface area contributed by atoms with E-state index in [1.54, 1.807) is 0 Å². The third-order valence-electron chi connectivity index (χ3n) is 6.01. The number of hydrogen-bond donors (Lipinski definition) is 1. The number of piperazine rings is 1.